The van der Waals surface area contributed by atoms with Crippen LogP contribution in [-0.4, -0.2) is 21.3 Å². The maximum absolute atomic E-state index is 5.71. The van der Waals surface area contributed by atoms with E-state index in [1.807, 2.05) is 7.11 Å². The van der Waals surface area contributed by atoms with Gasteiger partial charge >= 0.3 is 0 Å². The van der Waals surface area contributed by atoms with Crippen molar-refractivity contribution >= 4 is 8.07 Å². The molecule has 0 aromatic carbocycles. The van der Waals surface area contributed by atoms with Crippen LogP contribution in [-0.2, 0) is 4.74 Å². The molecular formula is C14H28OSi. The van der Waals surface area contributed by atoms with E-state index in [1.54, 1.807) is 5.20 Å². The number of methoxy groups -OCH3 is 1. The molecule has 0 amide bonds. The first-order valence-corrected chi connectivity index (χ1v) is 10.2. The minimum absolute atomic E-state index is 0.485. The van der Waals surface area contributed by atoms with Crippen molar-refractivity contribution in [3.63, 3.8) is 0 Å². The van der Waals surface area contributed by atoms with Gasteiger partial charge in [-0.1, -0.05) is 50.7 Å². The molecule has 1 nitrogen and oxygen atoms in total. The summed E-state index contributed by atoms with van der Waals surface area (Å²) in [5, 5.41) is 1.75. The summed E-state index contributed by atoms with van der Waals surface area (Å²) < 4.78 is 5.71. The van der Waals surface area contributed by atoms with E-state index in [0.29, 0.717) is 12.0 Å². The third kappa shape index (κ3) is 3.46. The van der Waals surface area contributed by atoms with Gasteiger partial charge in [0.15, 0.2) is 0 Å². The highest BCUT2D eigenvalue weighted by molar-refractivity contribution is 6.83. The predicted octanol–water partition coefficient (Wildman–Crippen LogP) is 4.41. The second kappa shape index (κ2) is 6.01. The van der Waals surface area contributed by atoms with Gasteiger partial charge in [-0.3, -0.25) is 0 Å². The van der Waals surface area contributed by atoms with Crippen LogP contribution in [0.4, 0.5) is 0 Å². The molecule has 0 spiro atoms. The van der Waals surface area contributed by atoms with E-state index in [9.17, 15) is 0 Å². The van der Waals surface area contributed by atoms with E-state index in [2.05, 4.69) is 32.6 Å². The summed E-state index contributed by atoms with van der Waals surface area (Å²) in [6.07, 6.45) is 9.48. The summed E-state index contributed by atoms with van der Waals surface area (Å²) in [5.74, 6) is 0.713. The van der Waals surface area contributed by atoms with Crippen LogP contribution < -0.4 is 0 Å². The molecule has 0 bridgehead atoms. The Bertz CT molecular complexity index is 240. The Balaban J connectivity index is 2.88. The molecule has 16 heavy (non-hydrogen) atoms. The third-order valence-corrected chi connectivity index (χ3v) is 6.00. The molecule has 0 saturated heterocycles. The van der Waals surface area contributed by atoms with Crippen LogP contribution in [0.1, 0.15) is 39.0 Å². The van der Waals surface area contributed by atoms with E-state index in [-0.39, 0.29) is 0 Å². The van der Waals surface area contributed by atoms with E-state index in [1.165, 1.54) is 32.1 Å². The Kier molecular flexibility index (Phi) is 5.26. The summed E-state index contributed by atoms with van der Waals surface area (Å²) in [7, 11) is 0.714. The minimum Gasteiger partial charge on any atom is -0.381 e. The maximum atomic E-state index is 5.71. The Morgan fingerprint density at radius 2 is 1.88 bits per heavy atom. The normalized spacial score (nSPS) is 28.2. The van der Waals surface area contributed by atoms with Gasteiger partial charge in [0.05, 0.1) is 14.2 Å². The smallest absolute Gasteiger partial charge is 0.0725 e. The summed E-state index contributed by atoms with van der Waals surface area (Å²) in [6, 6.07) is 0. The van der Waals surface area contributed by atoms with Gasteiger partial charge in [0, 0.05) is 13.0 Å². The fourth-order valence-electron chi connectivity index (χ4n) is 2.97. The average molecular weight is 240 g/mol. The van der Waals surface area contributed by atoms with E-state index < -0.39 is 8.07 Å². The zero-order valence-corrected chi connectivity index (χ0v) is 12.7. The largest absolute Gasteiger partial charge is 0.381 e. The van der Waals surface area contributed by atoms with Crippen LogP contribution in [0.2, 0.25) is 19.6 Å². The summed E-state index contributed by atoms with van der Waals surface area (Å²) in [6.45, 7) is 9.66. The van der Waals surface area contributed by atoms with Crippen molar-refractivity contribution in [3.05, 3.63) is 11.3 Å². The zero-order chi connectivity index (χ0) is 12.2. The molecule has 1 saturated carbocycles. The lowest BCUT2D eigenvalue weighted by molar-refractivity contribution is 0.0394. The molecule has 1 aliphatic rings. The molecule has 0 radical (unpaired) electrons. The standard InChI is InChI=1S/C14H28OSi/c1-6-9-14(16(3,4)5)12-10-7-8-11-13(12)15-2/h9,12-13H,6-8,10-11H2,1-5H3/b14-9-/t12-,13-/m1/s1. The van der Waals surface area contributed by atoms with Crippen molar-refractivity contribution in [2.45, 2.75) is 64.8 Å². The molecule has 0 heterocycles. The van der Waals surface area contributed by atoms with E-state index in [4.69, 9.17) is 4.74 Å². The highest BCUT2D eigenvalue weighted by Gasteiger charge is 2.33. The molecule has 0 unspecified atom stereocenters. The van der Waals surface area contributed by atoms with Gasteiger partial charge in [-0.15, -0.1) is 0 Å². The fourth-order valence-corrected chi connectivity index (χ4v) is 5.23. The van der Waals surface area contributed by atoms with Crippen LogP contribution >= 0.6 is 0 Å². The van der Waals surface area contributed by atoms with E-state index in [0.717, 1.165) is 0 Å². The summed E-state index contributed by atoms with van der Waals surface area (Å²) >= 11 is 0. The van der Waals surface area contributed by atoms with Crippen molar-refractivity contribution in [2.75, 3.05) is 7.11 Å². The minimum atomic E-state index is -1.17. The lowest BCUT2D eigenvalue weighted by Crippen LogP contribution is -2.37. The first kappa shape index (κ1) is 14.0. The second-order valence-electron chi connectivity index (χ2n) is 5.98. The Morgan fingerprint density at radius 1 is 1.25 bits per heavy atom. The first-order chi connectivity index (χ1) is 7.50. The molecule has 1 rings (SSSR count). The van der Waals surface area contributed by atoms with Gasteiger partial charge < -0.3 is 4.74 Å². The van der Waals surface area contributed by atoms with Crippen molar-refractivity contribution in [2.24, 2.45) is 5.92 Å². The highest BCUT2D eigenvalue weighted by atomic mass is 28.3. The van der Waals surface area contributed by atoms with Crippen LogP contribution in [0.5, 0.6) is 0 Å². The second-order valence-corrected chi connectivity index (χ2v) is 11.1. The number of hydrogen-bond donors (Lipinski definition) is 0. The van der Waals surface area contributed by atoms with Gasteiger partial charge in [0.2, 0.25) is 0 Å². The van der Waals surface area contributed by atoms with Crippen LogP contribution in [0.25, 0.3) is 0 Å². The molecule has 2 heteroatoms. The molecule has 0 N–H and O–H groups in total. The Morgan fingerprint density at radius 3 is 2.38 bits per heavy atom. The van der Waals surface area contributed by atoms with Gasteiger partial charge in [0.25, 0.3) is 0 Å². The van der Waals surface area contributed by atoms with Gasteiger partial charge in [-0.05, 0) is 19.3 Å². The molecule has 1 fully saturated rings. The zero-order valence-electron chi connectivity index (χ0n) is 11.7. The molecule has 0 aromatic rings. The highest BCUT2D eigenvalue weighted by Crippen LogP contribution is 2.36. The van der Waals surface area contributed by atoms with Gasteiger partial charge in [-0.2, -0.15) is 0 Å². The average Bonchev–Trinajstić information content (AvgIpc) is 2.24. The molecule has 0 aliphatic heterocycles. The molecule has 1 aliphatic carbocycles. The van der Waals surface area contributed by atoms with E-state index >= 15 is 0 Å². The molecule has 94 valence electrons. The van der Waals surface area contributed by atoms with Crippen molar-refractivity contribution in [1.29, 1.82) is 0 Å². The third-order valence-electron chi connectivity index (χ3n) is 3.69. The summed E-state index contributed by atoms with van der Waals surface area (Å²) in [4.78, 5) is 0. The van der Waals surface area contributed by atoms with Crippen LogP contribution in [0.3, 0.4) is 0 Å². The first-order valence-electron chi connectivity index (χ1n) is 6.74. The van der Waals surface area contributed by atoms with Gasteiger partial charge in [-0.25, -0.2) is 0 Å². The quantitative estimate of drug-likeness (QED) is 0.662. The fraction of sp³-hybridized carbons (Fsp3) is 0.857. The Labute approximate surface area is 102 Å². The molecule has 0 aromatic heterocycles. The predicted molar refractivity (Wildman–Crippen MR) is 74.5 cm³/mol. The monoisotopic (exact) mass is 240 g/mol. The maximum Gasteiger partial charge on any atom is 0.0725 e. The molecule has 2 atom stereocenters. The topological polar surface area (TPSA) is 9.23 Å². The molecular weight excluding hydrogens is 212 g/mol. The lowest BCUT2D eigenvalue weighted by atomic mass is 9.85. The van der Waals surface area contributed by atoms with Crippen molar-refractivity contribution in [3.8, 4) is 0 Å². The number of allylic oxidation sites excluding steroid dienone is 1. The van der Waals surface area contributed by atoms with Crippen molar-refractivity contribution < 1.29 is 4.74 Å². The van der Waals surface area contributed by atoms with Gasteiger partial charge in [0.1, 0.15) is 0 Å². The summed E-state index contributed by atoms with van der Waals surface area (Å²) in [5.41, 5.74) is 0. The van der Waals surface area contributed by atoms with Crippen LogP contribution in [0.15, 0.2) is 11.3 Å². The Hall–Kier alpha value is -0.0831. The lowest BCUT2D eigenvalue weighted by Gasteiger charge is -2.37. The van der Waals surface area contributed by atoms with Crippen molar-refractivity contribution in [1.82, 2.24) is 0 Å². The number of rotatable bonds is 4. The number of hydrogen-bond acceptors (Lipinski definition) is 1. The number of ether oxygens (including phenoxy) is 1. The van der Waals surface area contributed by atoms with Crippen LogP contribution in [0, 0.1) is 5.92 Å². The SMILES string of the molecule is CC/C=C(/[C@@H]1CCCC[C@H]1OC)[Si](C)(C)C.